The van der Waals surface area contributed by atoms with Gasteiger partial charge in [0.05, 0.1) is 0 Å². The number of carbonyl (C=O) groups is 3. The number of aliphatic carboxylic acids is 1. The summed E-state index contributed by atoms with van der Waals surface area (Å²) in [6, 6.07) is -0.840. The Bertz CT molecular complexity index is 554. The number of rotatable bonds is 4. The van der Waals surface area contributed by atoms with Crippen LogP contribution in [0.3, 0.4) is 0 Å². The van der Waals surface area contributed by atoms with Crippen molar-refractivity contribution >= 4 is 18.0 Å². The van der Waals surface area contributed by atoms with Crippen molar-refractivity contribution in [3.63, 3.8) is 0 Å². The summed E-state index contributed by atoms with van der Waals surface area (Å²) < 4.78 is 5.46. The first-order valence-electron chi connectivity index (χ1n) is 9.02. The lowest BCUT2D eigenvalue weighted by Gasteiger charge is -2.35. The van der Waals surface area contributed by atoms with Crippen LogP contribution in [0.5, 0.6) is 0 Å². The third-order valence-electron chi connectivity index (χ3n) is 4.88. The van der Waals surface area contributed by atoms with Gasteiger partial charge >= 0.3 is 12.1 Å². The lowest BCUT2D eigenvalue weighted by atomic mass is 9.94. The SMILES string of the molecule is CC(C)CC(C(=O)O)N1CC[C@]2(CCCN2C(=O)OC(C)(C)C)C1=O. The fourth-order valence-electron chi connectivity index (χ4n) is 3.83. The zero-order valence-corrected chi connectivity index (χ0v) is 15.9. The molecule has 7 nitrogen and oxygen atoms in total. The second-order valence-corrected chi connectivity index (χ2v) is 8.50. The largest absolute Gasteiger partial charge is 0.480 e. The molecule has 142 valence electrons. The third kappa shape index (κ3) is 3.90. The molecule has 1 unspecified atom stereocenters. The minimum atomic E-state index is -0.985. The van der Waals surface area contributed by atoms with Crippen LogP contribution in [0.4, 0.5) is 4.79 Å². The molecule has 2 rings (SSSR count). The Labute approximate surface area is 149 Å². The average Bonchev–Trinajstić information content (AvgIpc) is 3.01. The van der Waals surface area contributed by atoms with Gasteiger partial charge in [-0.15, -0.1) is 0 Å². The Balaban J connectivity index is 2.23. The fraction of sp³-hybridized carbons (Fsp3) is 0.833. The van der Waals surface area contributed by atoms with Crippen LogP contribution in [0, 0.1) is 5.92 Å². The first-order chi connectivity index (χ1) is 11.5. The monoisotopic (exact) mass is 354 g/mol. The number of amides is 2. The molecular formula is C18H30N2O5. The van der Waals surface area contributed by atoms with Crippen molar-refractivity contribution in [2.45, 2.75) is 77.5 Å². The van der Waals surface area contributed by atoms with E-state index in [4.69, 9.17) is 4.74 Å². The maximum atomic E-state index is 13.2. The van der Waals surface area contributed by atoms with Crippen LogP contribution in [-0.2, 0) is 14.3 Å². The lowest BCUT2D eigenvalue weighted by Crippen LogP contribution is -2.55. The summed E-state index contributed by atoms with van der Waals surface area (Å²) >= 11 is 0. The Morgan fingerprint density at radius 2 is 1.88 bits per heavy atom. The van der Waals surface area contributed by atoms with Crippen molar-refractivity contribution < 1.29 is 24.2 Å². The topological polar surface area (TPSA) is 87.2 Å². The van der Waals surface area contributed by atoms with Crippen LogP contribution in [0.2, 0.25) is 0 Å². The molecule has 2 saturated heterocycles. The molecule has 0 aromatic heterocycles. The van der Waals surface area contributed by atoms with Gasteiger partial charge in [0, 0.05) is 13.1 Å². The summed E-state index contributed by atoms with van der Waals surface area (Å²) in [6.07, 6.45) is 1.67. The standard InChI is InChI=1S/C18H30N2O5/c1-12(2)11-13(14(21)22)19-10-8-18(15(19)23)7-6-9-20(18)16(24)25-17(3,4)5/h12-13H,6-11H2,1-5H3,(H,21,22)/t13?,18-/m1/s1. The van der Waals surface area contributed by atoms with E-state index in [0.29, 0.717) is 32.4 Å². The number of carbonyl (C=O) groups excluding carboxylic acids is 2. The molecule has 1 spiro atoms. The number of ether oxygens (including phenoxy) is 1. The fourth-order valence-corrected chi connectivity index (χ4v) is 3.83. The van der Waals surface area contributed by atoms with Crippen molar-refractivity contribution in [1.82, 2.24) is 9.80 Å². The highest BCUT2D eigenvalue weighted by Crippen LogP contribution is 2.40. The number of hydrogen-bond donors (Lipinski definition) is 1. The van der Waals surface area contributed by atoms with Gasteiger partial charge in [-0.2, -0.15) is 0 Å². The summed E-state index contributed by atoms with van der Waals surface area (Å²) in [4.78, 5) is 40.4. The first-order valence-corrected chi connectivity index (χ1v) is 9.02. The van der Waals surface area contributed by atoms with E-state index in [2.05, 4.69) is 0 Å². The summed E-state index contributed by atoms with van der Waals surface area (Å²) in [5.74, 6) is -1.07. The van der Waals surface area contributed by atoms with Gasteiger partial charge in [-0.3, -0.25) is 9.69 Å². The van der Waals surface area contributed by atoms with Crippen LogP contribution in [-0.4, -0.2) is 63.1 Å². The molecular weight excluding hydrogens is 324 g/mol. The highest BCUT2D eigenvalue weighted by Gasteiger charge is 2.57. The Kier molecular flexibility index (Phi) is 5.35. The minimum absolute atomic E-state index is 0.163. The molecule has 2 fully saturated rings. The number of carboxylic acids is 1. The molecule has 2 aliphatic rings. The van der Waals surface area contributed by atoms with E-state index in [1.54, 1.807) is 20.8 Å². The predicted octanol–water partition coefficient (Wildman–Crippen LogP) is 2.49. The Morgan fingerprint density at radius 3 is 2.40 bits per heavy atom. The van der Waals surface area contributed by atoms with Gasteiger partial charge in [0.25, 0.3) is 0 Å². The summed E-state index contributed by atoms with van der Waals surface area (Å²) in [6.45, 7) is 10.1. The minimum Gasteiger partial charge on any atom is -0.480 e. The van der Waals surface area contributed by atoms with Gasteiger partial charge in [-0.05, 0) is 52.4 Å². The van der Waals surface area contributed by atoms with Crippen LogP contribution in [0.25, 0.3) is 0 Å². The highest BCUT2D eigenvalue weighted by atomic mass is 16.6. The van der Waals surface area contributed by atoms with Crippen LogP contribution >= 0.6 is 0 Å². The molecule has 0 bridgehead atoms. The Hall–Kier alpha value is -1.79. The molecule has 2 aliphatic heterocycles. The second kappa shape index (κ2) is 6.84. The zero-order chi connectivity index (χ0) is 19.0. The first kappa shape index (κ1) is 19.5. The third-order valence-corrected chi connectivity index (χ3v) is 4.88. The smallest absolute Gasteiger partial charge is 0.411 e. The summed E-state index contributed by atoms with van der Waals surface area (Å²) in [5, 5.41) is 9.56. The lowest BCUT2D eigenvalue weighted by molar-refractivity contribution is -0.151. The van der Waals surface area contributed by atoms with Crippen molar-refractivity contribution in [3.8, 4) is 0 Å². The molecule has 0 aliphatic carbocycles. The van der Waals surface area contributed by atoms with Crippen molar-refractivity contribution in [3.05, 3.63) is 0 Å². The van der Waals surface area contributed by atoms with Gasteiger partial charge in [0.15, 0.2) is 0 Å². The quantitative estimate of drug-likeness (QED) is 0.838. The predicted molar refractivity (Wildman–Crippen MR) is 92.1 cm³/mol. The average molecular weight is 354 g/mol. The van der Waals surface area contributed by atoms with Crippen LogP contribution in [0.1, 0.15) is 60.3 Å². The number of nitrogens with zero attached hydrogens (tertiary/aromatic N) is 2. The molecule has 0 aromatic rings. The zero-order valence-electron chi connectivity index (χ0n) is 15.9. The van der Waals surface area contributed by atoms with Gasteiger partial charge in [0.2, 0.25) is 5.91 Å². The van der Waals surface area contributed by atoms with E-state index in [9.17, 15) is 19.5 Å². The van der Waals surface area contributed by atoms with E-state index in [0.717, 1.165) is 6.42 Å². The molecule has 2 atom stereocenters. The molecule has 2 heterocycles. The maximum absolute atomic E-state index is 13.2. The van der Waals surface area contributed by atoms with Crippen molar-refractivity contribution in [2.24, 2.45) is 5.92 Å². The van der Waals surface area contributed by atoms with Gasteiger partial charge < -0.3 is 14.7 Å². The Morgan fingerprint density at radius 1 is 1.24 bits per heavy atom. The van der Waals surface area contributed by atoms with E-state index in [1.165, 1.54) is 9.80 Å². The molecule has 0 radical (unpaired) electrons. The number of carboxylic acid groups (broad SMARTS) is 1. The highest BCUT2D eigenvalue weighted by molar-refractivity contribution is 5.95. The molecule has 25 heavy (non-hydrogen) atoms. The molecule has 7 heteroatoms. The van der Waals surface area contributed by atoms with E-state index in [1.807, 2.05) is 13.8 Å². The van der Waals surface area contributed by atoms with Crippen molar-refractivity contribution in [2.75, 3.05) is 13.1 Å². The summed E-state index contributed by atoms with van der Waals surface area (Å²) in [5.41, 5.74) is -1.57. The van der Waals surface area contributed by atoms with E-state index >= 15 is 0 Å². The van der Waals surface area contributed by atoms with Gasteiger partial charge in [-0.1, -0.05) is 13.8 Å². The number of hydrogen-bond acceptors (Lipinski definition) is 4. The van der Waals surface area contributed by atoms with E-state index in [-0.39, 0.29) is 11.8 Å². The van der Waals surface area contributed by atoms with Gasteiger partial charge in [0.1, 0.15) is 17.2 Å². The normalized spacial score (nSPS) is 25.1. The second-order valence-electron chi connectivity index (χ2n) is 8.50. The molecule has 0 saturated carbocycles. The molecule has 2 amide bonds. The molecule has 1 N–H and O–H groups in total. The molecule has 0 aromatic carbocycles. The maximum Gasteiger partial charge on any atom is 0.411 e. The summed E-state index contributed by atoms with van der Waals surface area (Å²) in [7, 11) is 0. The van der Waals surface area contributed by atoms with Crippen LogP contribution in [0.15, 0.2) is 0 Å². The van der Waals surface area contributed by atoms with Crippen LogP contribution < -0.4 is 0 Å². The van der Waals surface area contributed by atoms with Crippen molar-refractivity contribution in [1.29, 1.82) is 0 Å². The van der Waals surface area contributed by atoms with E-state index < -0.39 is 29.2 Å². The van der Waals surface area contributed by atoms with Gasteiger partial charge in [-0.25, -0.2) is 9.59 Å². The number of likely N-dealkylation sites (tertiary alicyclic amines) is 2.